The zero-order chi connectivity index (χ0) is 14.7. The Kier molecular flexibility index (Phi) is 4.68. The molecule has 0 unspecified atom stereocenters. The molecule has 0 atom stereocenters. The number of rotatable bonds is 5. The van der Waals surface area contributed by atoms with E-state index in [1.54, 1.807) is 29.8 Å². The molecule has 4 nitrogen and oxygen atoms in total. The smallest absolute Gasteiger partial charge is 0.258 e. The van der Waals surface area contributed by atoms with Crippen molar-refractivity contribution in [3.63, 3.8) is 0 Å². The number of aromatic nitrogens is 1. The number of nitrogens with two attached hydrogens (primary N) is 1. The molecular weight excluding hydrogens is 276 g/mol. The van der Waals surface area contributed by atoms with Gasteiger partial charge in [-0.3, -0.25) is 4.79 Å². The van der Waals surface area contributed by atoms with Gasteiger partial charge in [-0.05, 0) is 24.6 Å². The van der Waals surface area contributed by atoms with Gasteiger partial charge in [0.1, 0.15) is 5.75 Å². The van der Waals surface area contributed by atoms with Gasteiger partial charge in [-0.15, -0.1) is 0 Å². The van der Waals surface area contributed by atoms with Crippen LogP contribution in [0.3, 0.4) is 0 Å². The molecule has 2 aromatic rings. The van der Waals surface area contributed by atoms with Crippen LogP contribution < -0.4 is 16.0 Å². The number of fused-ring (bicyclic) bond motifs is 1. The minimum absolute atomic E-state index is 0.0834. The molecule has 0 radical (unpaired) electrons. The average Bonchev–Trinajstić information content (AvgIpc) is 2.44. The summed E-state index contributed by atoms with van der Waals surface area (Å²) in [5.41, 5.74) is 6.39. The summed E-state index contributed by atoms with van der Waals surface area (Å²) in [6, 6.07) is 5.20. The summed E-state index contributed by atoms with van der Waals surface area (Å²) >= 11 is 6.04. The van der Waals surface area contributed by atoms with Gasteiger partial charge in [0.05, 0.1) is 17.7 Å². The van der Waals surface area contributed by atoms with E-state index in [1.807, 2.05) is 0 Å². The van der Waals surface area contributed by atoms with Gasteiger partial charge in [0.25, 0.3) is 5.56 Å². The van der Waals surface area contributed by atoms with Crippen molar-refractivity contribution in [2.45, 2.75) is 26.3 Å². The lowest BCUT2D eigenvalue weighted by Crippen LogP contribution is -2.24. The second-order valence-electron chi connectivity index (χ2n) is 4.74. The van der Waals surface area contributed by atoms with Crippen molar-refractivity contribution in [2.24, 2.45) is 12.8 Å². The molecule has 0 saturated carbocycles. The van der Waals surface area contributed by atoms with Crippen LogP contribution in [0.4, 0.5) is 0 Å². The van der Waals surface area contributed by atoms with E-state index in [0.29, 0.717) is 28.5 Å². The zero-order valence-corrected chi connectivity index (χ0v) is 12.5. The lowest BCUT2D eigenvalue weighted by atomic mass is 10.1. The van der Waals surface area contributed by atoms with Crippen LogP contribution in [0.1, 0.15) is 25.5 Å². The maximum Gasteiger partial charge on any atom is 0.258 e. The molecule has 1 aromatic heterocycles. The van der Waals surface area contributed by atoms with E-state index in [1.165, 1.54) is 0 Å². The number of nitrogens with zero attached hydrogens (tertiary/aromatic N) is 1. The minimum atomic E-state index is -0.0834. The van der Waals surface area contributed by atoms with Crippen LogP contribution in [-0.4, -0.2) is 11.2 Å². The quantitative estimate of drug-likeness (QED) is 0.863. The largest absolute Gasteiger partial charge is 0.491 e. The summed E-state index contributed by atoms with van der Waals surface area (Å²) in [6.07, 6.45) is 2.00. The fourth-order valence-electron chi connectivity index (χ4n) is 2.21. The van der Waals surface area contributed by atoms with Gasteiger partial charge in [0, 0.05) is 24.0 Å². The molecule has 0 aliphatic heterocycles. The van der Waals surface area contributed by atoms with Gasteiger partial charge in [0.15, 0.2) is 0 Å². The molecule has 0 saturated heterocycles. The minimum Gasteiger partial charge on any atom is -0.491 e. The standard InChI is InChI=1S/C15H19ClN2O2/c1-3-4-7-20-14-12-8-10(16)5-6-11(12)15(19)18(2)13(14)9-17/h5-6,8H,3-4,7,9,17H2,1-2H3. The molecule has 1 heterocycles. The molecule has 0 bridgehead atoms. The first-order chi connectivity index (χ1) is 9.60. The van der Waals surface area contributed by atoms with E-state index in [4.69, 9.17) is 22.1 Å². The average molecular weight is 295 g/mol. The predicted molar refractivity (Wildman–Crippen MR) is 82.5 cm³/mol. The second-order valence-corrected chi connectivity index (χ2v) is 5.17. The fourth-order valence-corrected chi connectivity index (χ4v) is 2.38. The summed E-state index contributed by atoms with van der Waals surface area (Å²) in [5.74, 6) is 0.667. The summed E-state index contributed by atoms with van der Waals surface area (Å²) in [5, 5.41) is 1.91. The van der Waals surface area contributed by atoms with Gasteiger partial charge >= 0.3 is 0 Å². The number of unbranched alkanes of at least 4 members (excludes halogenated alkanes) is 1. The molecule has 0 spiro atoms. The third kappa shape index (κ3) is 2.67. The molecule has 20 heavy (non-hydrogen) atoms. The first-order valence-electron chi connectivity index (χ1n) is 6.74. The first kappa shape index (κ1) is 14.9. The Morgan fingerprint density at radius 3 is 2.75 bits per heavy atom. The molecule has 2 N–H and O–H groups in total. The van der Waals surface area contributed by atoms with E-state index in [-0.39, 0.29) is 12.1 Å². The van der Waals surface area contributed by atoms with Gasteiger partial charge in [-0.1, -0.05) is 24.9 Å². The third-order valence-electron chi connectivity index (χ3n) is 3.37. The van der Waals surface area contributed by atoms with Crippen LogP contribution in [0.25, 0.3) is 10.8 Å². The lowest BCUT2D eigenvalue weighted by molar-refractivity contribution is 0.306. The predicted octanol–water partition coefficient (Wildman–Crippen LogP) is 2.83. The molecule has 0 aliphatic rings. The van der Waals surface area contributed by atoms with Crippen molar-refractivity contribution in [2.75, 3.05) is 6.61 Å². The summed E-state index contributed by atoms with van der Waals surface area (Å²) in [4.78, 5) is 12.3. The molecule has 2 rings (SSSR count). The highest BCUT2D eigenvalue weighted by atomic mass is 35.5. The highest BCUT2D eigenvalue weighted by molar-refractivity contribution is 6.31. The Morgan fingerprint density at radius 1 is 1.35 bits per heavy atom. The van der Waals surface area contributed by atoms with Crippen molar-refractivity contribution >= 4 is 22.4 Å². The maximum absolute atomic E-state index is 12.3. The van der Waals surface area contributed by atoms with Crippen LogP contribution in [0.2, 0.25) is 5.02 Å². The van der Waals surface area contributed by atoms with Gasteiger partial charge in [-0.25, -0.2) is 0 Å². The number of benzene rings is 1. The lowest BCUT2D eigenvalue weighted by Gasteiger charge is -2.16. The highest BCUT2D eigenvalue weighted by Crippen LogP contribution is 2.29. The number of pyridine rings is 1. The van der Waals surface area contributed by atoms with Crippen molar-refractivity contribution in [3.8, 4) is 5.75 Å². The fraction of sp³-hybridized carbons (Fsp3) is 0.400. The Morgan fingerprint density at radius 2 is 2.10 bits per heavy atom. The van der Waals surface area contributed by atoms with Gasteiger partial charge in [0.2, 0.25) is 0 Å². The summed E-state index contributed by atoms with van der Waals surface area (Å²) in [6.45, 7) is 2.95. The SMILES string of the molecule is CCCCOc1c(CN)n(C)c(=O)c2ccc(Cl)cc12. The second kappa shape index (κ2) is 6.29. The van der Waals surface area contributed by atoms with Crippen LogP contribution in [0, 0.1) is 0 Å². The Bertz CT molecular complexity index is 680. The maximum atomic E-state index is 12.3. The molecule has 0 amide bonds. The Balaban J connectivity index is 2.69. The Hall–Kier alpha value is -1.52. The van der Waals surface area contributed by atoms with Crippen LogP contribution in [0.15, 0.2) is 23.0 Å². The van der Waals surface area contributed by atoms with Crippen molar-refractivity contribution in [3.05, 3.63) is 39.3 Å². The van der Waals surface area contributed by atoms with E-state index in [2.05, 4.69) is 6.92 Å². The van der Waals surface area contributed by atoms with Crippen molar-refractivity contribution in [1.29, 1.82) is 0 Å². The molecule has 5 heteroatoms. The normalized spacial score (nSPS) is 11.0. The van der Waals surface area contributed by atoms with Crippen molar-refractivity contribution in [1.82, 2.24) is 4.57 Å². The Labute approximate surface area is 123 Å². The third-order valence-corrected chi connectivity index (χ3v) is 3.60. The summed E-state index contributed by atoms with van der Waals surface area (Å²) in [7, 11) is 1.71. The van der Waals surface area contributed by atoms with E-state index in [0.717, 1.165) is 18.2 Å². The highest BCUT2D eigenvalue weighted by Gasteiger charge is 2.15. The van der Waals surface area contributed by atoms with E-state index >= 15 is 0 Å². The van der Waals surface area contributed by atoms with Gasteiger partial charge < -0.3 is 15.0 Å². The monoisotopic (exact) mass is 294 g/mol. The summed E-state index contributed by atoms with van der Waals surface area (Å²) < 4.78 is 7.43. The van der Waals surface area contributed by atoms with Crippen LogP contribution >= 0.6 is 11.6 Å². The topological polar surface area (TPSA) is 57.2 Å². The molecule has 0 fully saturated rings. The van der Waals surface area contributed by atoms with Crippen LogP contribution in [-0.2, 0) is 13.6 Å². The van der Waals surface area contributed by atoms with Gasteiger partial charge in [-0.2, -0.15) is 0 Å². The van der Waals surface area contributed by atoms with Crippen molar-refractivity contribution < 1.29 is 4.74 Å². The number of ether oxygens (including phenoxy) is 1. The number of halogens is 1. The van der Waals surface area contributed by atoms with Crippen LogP contribution in [0.5, 0.6) is 5.75 Å². The molecule has 108 valence electrons. The number of hydrogen-bond acceptors (Lipinski definition) is 3. The molecular formula is C15H19ClN2O2. The zero-order valence-electron chi connectivity index (χ0n) is 11.8. The molecule has 0 aliphatic carbocycles. The van der Waals surface area contributed by atoms with E-state index < -0.39 is 0 Å². The number of hydrogen-bond donors (Lipinski definition) is 1. The first-order valence-corrected chi connectivity index (χ1v) is 7.12. The molecule has 1 aromatic carbocycles. The van der Waals surface area contributed by atoms with E-state index in [9.17, 15) is 4.79 Å².